The monoisotopic (exact) mass is 348 g/mol. The van der Waals surface area contributed by atoms with E-state index in [2.05, 4.69) is 0 Å². The van der Waals surface area contributed by atoms with Crippen LogP contribution in [-0.2, 0) is 14.4 Å². The standard InChI is InChI=1S/C17H20N2O4S/c20-15(18-9-4-3-6-13(18)17(22)23)8-10-19-12-5-1-2-7-14(12)24-11-16(19)21/h1-2,5,7,13H,3-4,6,8-11H2,(H,22,23). The van der Waals surface area contributed by atoms with Gasteiger partial charge in [0.15, 0.2) is 0 Å². The molecule has 0 radical (unpaired) electrons. The fourth-order valence-electron chi connectivity index (χ4n) is 3.24. The fourth-order valence-corrected chi connectivity index (χ4v) is 4.17. The van der Waals surface area contributed by atoms with Gasteiger partial charge in [-0.3, -0.25) is 9.59 Å². The number of nitrogens with zero attached hydrogens (tertiary/aromatic N) is 2. The number of aliphatic carboxylic acids is 1. The second kappa shape index (κ2) is 7.25. The molecule has 24 heavy (non-hydrogen) atoms. The van der Waals surface area contributed by atoms with Crippen molar-refractivity contribution in [3.63, 3.8) is 0 Å². The average molecular weight is 348 g/mol. The van der Waals surface area contributed by atoms with Gasteiger partial charge in [-0.15, -0.1) is 11.8 Å². The summed E-state index contributed by atoms with van der Waals surface area (Å²) in [5.41, 5.74) is 0.833. The first-order valence-electron chi connectivity index (χ1n) is 8.12. The molecule has 2 aliphatic heterocycles. The molecule has 2 amide bonds. The highest BCUT2D eigenvalue weighted by Crippen LogP contribution is 2.35. The van der Waals surface area contributed by atoms with Crippen LogP contribution in [0.25, 0.3) is 0 Å². The minimum atomic E-state index is -0.946. The number of anilines is 1. The van der Waals surface area contributed by atoms with Crippen LogP contribution in [-0.4, -0.2) is 52.7 Å². The molecule has 6 nitrogen and oxygen atoms in total. The lowest BCUT2D eigenvalue weighted by Crippen LogP contribution is -2.49. The van der Waals surface area contributed by atoms with Crippen molar-refractivity contribution in [2.24, 2.45) is 0 Å². The van der Waals surface area contributed by atoms with Crippen molar-refractivity contribution < 1.29 is 19.5 Å². The van der Waals surface area contributed by atoms with E-state index >= 15 is 0 Å². The molecule has 1 atom stereocenters. The molecule has 1 unspecified atom stereocenters. The summed E-state index contributed by atoms with van der Waals surface area (Å²) in [7, 11) is 0. The van der Waals surface area contributed by atoms with E-state index in [0.717, 1.165) is 23.4 Å². The number of carboxylic acids is 1. The zero-order chi connectivity index (χ0) is 17.1. The maximum Gasteiger partial charge on any atom is 0.326 e. The minimum Gasteiger partial charge on any atom is -0.480 e. The summed E-state index contributed by atoms with van der Waals surface area (Å²) in [6.45, 7) is 0.772. The van der Waals surface area contributed by atoms with Gasteiger partial charge in [-0.05, 0) is 31.4 Å². The maximum absolute atomic E-state index is 12.5. The molecule has 0 saturated carbocycles. The summed E-state index contributed by atoms with van der Waals surface area (Å²) in [6, 6.07) is 6.91. The first-order valence-corrected chi connectivity index (χ1v) is 9.11. The van der Waals surface area contributed by atoms with Gasteiger partial charge in [0.05, 0.1) is 11.4 Å². The maximum atomic E-state index is 12.5. The molecule has 128 valence electrons. The number of amides is 2. The first-order chi connectivity index (χ1) is 11.6. The molecule has 1 N–H and O–H groups in total. The van der Waals surface area contributed by atoms with Crippen LogP contribution in [0.1, 0.15) is 25.7 Å². The number of likely N-dealkylation sites (tertiary alicyclic amines) is 1. The Morgan fingerprint density at radius 1 is 1.25 bits per heavy atom. The summed E-state index contributed by atoms with van der Waals surface area (Å²) >= 11 is 1.50. The second-order valence-corrected chi connectivity index (χ2v) is 7.01. The number of piperidine rings is 1. The van der Waals surface area contributed by atoms with E-state index in [4.69, 9.17) is 0 Å². The Kier molecular flexibility index (Phi) is 5.08. The van der Waals surface area contributed by atoms with Crippen molar-refractivity contribution in [3.8, 4) is 0 Å². The quantitative estimate of drug-likeness (QED) is 0.900. The van der Waals surface area contributed by atoms with Gasteiger partial charge in [-0.25, -0.2) is 4.79 Å². The van der Waals surface area contributed by atoms with E-state index in [-0.39, 0.29) is 24.8 Å². The number of fused-ring (bicyclic) bond motifs is 1. The SMILES string of the molecule is O=C(O)C1CCCCN1C(=O)CCN1C(=O)CSc2ccccc21. The lowest BCUT2D eigenvalue weighted by Gasteiger charge is -2.34. The number of carbonyl (C=O) groups is 3. The number of thioether (sulfide) groups is 1. The fraction of sp³-hybridized carbons (Fsp3) is 0.471. The molecule has 0 aromatic heterocycles. The van der Waals surface area contributed by atoms with Crippen LogP contribution >= 0.6 is 11.8 Å². The van der Waals surface area contributed by atoms with Gasteiger partial charge in [0, 0.05) is 24.4 Å². The lowest BCUT2D eigenvalue weighted by molar-refractivity contribution is -0.152. The molecule has 0 spiro atoms. The van der Waals surface area contributed by atoms with Crippen LogP contribution in [0, 0.1) is 0 Å². The summed E-state index contributed by atoms with van der Waals surface area (Å²) in [5.74, 6) is -0.781. The van der Waals surface area contributed by atoms with Crippen molar-refractivity contribution in [3.05, 3.63) is 24.3 Å². The van der Waals surface area contributed by atoms with Crippen LogP contribution in [0.4, 0.5) is 5.69 Å². The number of para-hydroxylation sites is 1. The van der Waals surface area contributed by atoms with E-state index in [1.165, 1.54) is 16.7 Å². The number of carboxylic acid groups (broad SMARTS) is 1. The van der Waals surface area contributed by atoms with E-state index in [0.29, 0.717) is 18.7 Å². The first kappa shape index (κ1) is 16.8. The van der Waals surface area contributed by atoms with Crippen LogP contribution in [0.15, 0.2) is 29.2 Å². The van der Waals surface area contributed by atoms with Crippen molar-refractivity contribution in [1.29, 1.82) is 0 Å². The van der Waals surface area contributed by atoms with E-state index in [9.17, 15) is 19.5 Å². The molecule has 1 fully saturated rings. The van der Waals surface area contributed by atoms with Crippen LogP contribution in [0.5, 0.6) is 0 Å². The highest BCUT2D eigenvalue weighted by molar-refractivity contribution is 8.00. The molecule has 0 bridgehead atoms. The third-order valence-electron chi connectivity index (χ3n) is 4.47. The van der Waals surface area contributed by atoms with Gasteiger partial charge in [0.1, 0.15) is 6.04 Å². The number of rotatable bonds is 4. The van der Waals surface area contributed by atoms with Gasteiger partial charge in [-0.2, -0.15) is 0 Å². The van der Waals surface area contributed by atoms with Crippen molar-refractivity contribution >= 4 is 35.2 Å². The Morgan fingerprint density at radius 3 is 2.83 bits per heavy atom. The zero-order valence-electron chi connectivity index (χ0n) is 13.3. The summed E-state index contributed by atoms with van der Waals surface area (Å²) in [6.07, 6.45) is 2.31. The van der Waals surface area contributed by atoms with Gasteiger partial charge in [0.2, 0.25) is 11.8 Å². The smallest absolute Gasteiger partial charge is 0.326 e. The molecule has 2 heterocycles. The number of hydrogen-bond donors (Lipinski definition) is 1. The molecule has 1 aromatic rings. The van der Waals surface area contributed by atoms with Crippen molar-refractivity contribution in [1.82, 2.24) is 4.90 Å². The van der Waals surface area contributed by atoms with Crippen LogP contribution in [0.2, 0.25) is 0 Å². The number of carbonyl (C=O) groups excluding carboxylic acids is 2. The Hall–Kier alpha value is -2.02. The molecule has 1 aromatic carbocycles. The van der Waals surface area contributed by atoms with E-state index in [1.54, 1.807) is 4.90 Å². The summed E-state index contributed by atoms with van der Waals surface area (Å²) < 4.78 is 0. The zero-order valence-corrected chi connectivity index (χ0v) is 14.1. The van der Waals surface area contributed by atoms with Gasteiger partial charge in [0.25, 0.3) is 0 Å². The van der Waals surface area contributed by atoms with Crippen molar-refractivity contribution in [2.45, 2.75) is 36.6 Å². The summed E-state index contributed by atoms with van der Waals surface area (Å²) in [5, 5.41) is 9.29. The highest BCUT2D eigenvalue weighted by Gasteiger charge is 2.32. The predicted octanol–water partition coefficient (Wildman–Crippen LogP) is 1.98. The second-order valence-electron chi connectivity index (χ2n) is 5.99. The molecule has 7 heteroatoms. The largest absolute Gasteiger partial charge is 0.480 e. The number of hydrogen-bond acceptors (Lipinski definition) is 4. The topological polar surface area (TPSA) is 77.9 Å². The molecule has 0 aliphatic carbocycles. The lowest BCUT2D eigenvalue weighted by atomic mass is 10.0. The van der Waals surface area contributed by atoms with Crippen molar-refractivity contribution in [2.75, 3.05) is 23.7 Å². The van der Waals surface area contributed by atoms with Crippen LogP contribution < -0.4 is 4.90 Å². The van der Waals surface area contributed by atoms with Crippen LogP contribution in [0.3, 0.4) is 0 Å². The highest BCUT2D eigenvalue weighted by atomic mass is 32.2. The van der Waals surface area contributed by atoms with E-state index in [1.807, 2.05) is 24.3 Å². The molecular formula is C17H20N2O4S. The Labute approximate surface area is 144 Å². The predicted molar refractivity (Wildman–Crippen MR) is 91.1 cm³/mol. The third kappa shape index (κ3) is 3.40. The van der Waals surface area contributed by atoms with Gasteiger partial charge in [-0.1, -0.05) is 12.1 Å². The van der Waals surface area contributed by atoms with E-state index < -0.39 is 12.0 Å². The summed E-state index contributed by atoms with van der Waals surface area (Å²) in [4.78, 5) is 40.2. The molecule has 3 rings (SSSR count). The Morgan fingerprint density at radius 2 is 2.04 bits per heavy atom. The Bertz CT molecular complexity index is 664. The normalized spacial score (nSPS) is 20.7. The average Bonchev–Trinajstić information content (AvgIpc) is 2.60. The molecular weight excluding hydrogens is 328 g/mol. The van der Waals surface area contributed by atoms with Gasteiger partial charge >= 0.3 is 5.97 Å². The van der Waals surface area contributed by atoms with Gasteiger partial charge < -0.3 is 14.9 Å². The number of benzene rings is 1. The molecule has 2 aliphatic rings. The minimum absolute atomic E-state index is 0.0140. The molecule has 1 saturated heterocycles. The third-order valence-corrected chi connectivity index (χ3v) is 5.51. The Balaban J connectivity index is 1.68.